The Kier molecular flexibility index (Phi) is 3.65. The first kappa shape index (κ1) is 14.5. The molecule has 1 aromatic carbocycles. The van der Waals surface area contributed by atoms with Gasteiger partial charge >= 0.3 is 0 Å². The fraction of sp³-hybridized carbons (Fsp3) is 0.444. The first-order valence-corrected chi connectivity index (χ1v) is 8.21. The van der Waals surface area contributed by atoms with Gasteiger partial charge in [-0.2, -0.15) is 0 Å². The van der Waals surface area contributed by atoms with Crippen LogP contribution in [0.4, 0.5) is 0 Å². The van der Waals surface area contributed by atoms with Crippen LogP contribution in [0.2, 0.25) is 0 Å². The molecule has 0 saturated carbocycles. The lowest BCUT2D eigenvalue weighted by Gasteiger charge is -2.21. The molecule has 120 valence electrons. The lowest BCUT2D eigenvalue weighted by Crippen LogP contribution is -2.27. The molecule has 5 nitrogen and oxygen atoms in total. The standard InChI is InChI=1S/C18H21N3O2/c1-12-19-16-11-21(10-15(16)18(22)20-12)9-13-6-7-23-17-5-3-2-4-14(17)8-13/h2-5,13H,6-11H2,1H3,(H,19,20,22)/t13-/m0/s1. The first-order valence-electron chi connectivity index (χ1n) is 8.21. The zero-order valence-electron chi connectivity index (χ0n) is 13.3. The van der Waals surface area contributed by atoms with Gasteiger partial charge in [0.1, 0.15) is 11.6 Å². The molecule has 1 atom stereocenters. The SMILES string of the molecule is Cc1nc2c(c(=O)[nH]1)CN(C[C@H]1CCOc3ccccc3C1)C2. The number of H-pyrrole nitrogens is 1. The Labute approximate surface area is 135 Å². The minimum absolute atomic E-state index is 0.0181. The molecule has 1 N–H and O–H groups in total. The van der Waals surface area contributed by atoms with E-state index in [0.717, 1.165) is 49.5 Å². The molecular formula is C18H21N3O2. The van der Waals surface area contributed by atoms with Gasteiger partial charge in [-0.25, -0.2) is 4.98 Å². The smallest absolute Gasteiger partial charge is 0.255 e. The van der Waals surface area contributed by atoms with Crippen molar-refractivity contribution >= 4 is 0 Å². The van der Waals surface area contributed by atoms with Crippen LogP contribution in [-0.4, -0.2) is 28.0 Å². The Morgan fingerprint density at radius 1 is 1.35 bits per heavy atom. The molecule has 3 heterocycles. The minimum atomic E-state index is 0.0181. The summed E-state index contributed by atoms with van der Waals surface area (Å²) in [6.45, 7) is 5.06. The quantitative estimate of drug-likeness (QED) is 0.922. The molecule has 0 fully saturated rings. The number of nitrogens with zero attached hydrogens (tertiary/aromatic N) is 2. The second kappa shape index (κ2) is 5.81. The highest BCUT2D eigenvalue weighted by Crippen LogP contribution is 2.28. The number of fused-ring (bicyclic) bond motifs is 2. The highest BCUT2D eigenvalue weighted by molar-refractivity contribution is 5.34. The van der Waals surface area contributed by atoms with Gasteiger partial charge in [-0.05, 0) is 37.3 Å². The van der Waals surface area contributed by atoms with Crippen molar-refractivity contribution in [2.45, 2.75) is 32.9 Å². The van der Waals surface area contributed by atoms with Crippen LogP contribution in [0, 0.1) is 12.8 Å². The highest BCUT2D eigenvalue weighted by atomic mass is 16.5. The van der Waals surface area contributed by atoms with Crippen LogP contribution in [-0.2, 0) is 19.5 Å². The maximum atomic E-state index is 12.0. The summed E-state index contributed by atoms with van der Waals surface area (Å²) in [5, 5.41) is 0. The minimum Gasteiger partial charge on any atom is -0.493 e. The van der Waals surface area contributed by atoms with Gasteiger partial charge in [-0.3, -0.25) is 9.69 Å². The van der Waals surface area contributed by atoms with Gasteiger partial charge in [0.05, 0.1) is 17.9 Å². The summed E-state index contributed by atoms with van der Waals surface area (Å²) in [4.78, 5) is 21.7. The molecule has 23 heavy (non-hydrogen) atoms. The summed E-state index contributed by atoms with van der Waals surface area (Å²) >= 11 is 0. The van der Waals surface area contributed by atoms with E-state index in [9.17, 15) is 4.79 Å². The average Bonchev–Trinajstić information content (AvgIpc) is 2.80. The number of benzene rings is 1. The van der Waals surface area contributed by atoms with Gasteiger partial charge in [0.25, 0.3) is 5.56 Å². The summed E-state index contributed by atoms with van der Waals surface area (Å²) in [6.07, 6.45) is 2.08. The molecule has 2 aromatic rings. The number of aromatic nitrogens is 2. The third kappa shape index (κ3) is 2.88. The zero-order valence-corrected chi connectivity index (χ0v) is 13.3. The highest BCUT2D eigenvalue weighted by Gasteiger charge is 2.27. The number of para-hydroxylation sites is 1. The van der Waals surface area contributed by atoms with Crippen molar-refractivity contribution in [1.82, 2.24) is 14.9 Å². The number of hydrogen-bond donors (Lipinski definition) is 1. The number of nitrogens with one attached hydrogen (secondary N) is 1. The second-order valence-corrected chi connectivity index (χ2v) is 6.56. The Hall–Kier alpha value is -2.14. The predicted octanol–water partition coefficient (Wildman–Crippen LogP) is 2.04. The lowest BCUT2D eigenvalue weighted by molar-refractivity contribution is 0.211. The molecule has 0 radical (unpaired) electrons. The van der Waals surface area contributed by atoms with E-state index in [4.69, 9.17) is 4.74 Å². The molecule has 2 aliphatic heterocycles. The molecule has 5 heteroatoms. The number of ether oxygens (including phenoxy) is 1. The molecular weight excluding hydrogens is 290 g/mol. The van der Waals surface area contributed by atoms with E-state index < -0.39 is 0 Å². The molecule has 0 saturated heterocycles. The Morgan fingerprint density at radius 2 is 2.22 bits per heavy atom. The maximum Gasteiger partial charge on any atom is 0.255 e. The van der Waals surface area contributed by atoms with Crippen molar-refractivity contribution in [3.05, 3.63) is 57.3 Å². The number of aryl methyl sites for hydroxylation is 1. The van der Waals surface area contributed by atoms with Crippen LogP contribution in [0.15, 0.2) is 29.1 Å². The van der Waals surface area contributed by atoms with Crippen LogP contribution >= 0.6 is 0 Å². The summed E-state index contributed by atoms with van der Waals surface area (Å²) in [5.74, 6) is 2.27. The molecule has 0 bridgehead atoms. The summed E-state index contributed by atoms with van der Waals surface area (Å²) < 4.78 is 5.85. The molecule has 0 spiro atoms. The summed E-state index contributed by atoms with van der Waals surface area (Å²) in [6, 6.07) is 8.30. The zero-order chi connectivity index (χ0) is 15.8. The van der Waals surface area contributed by atoms with E-state index in [0.29, 0.717) is 18.3 Å². The number of aromatic amines is 1. The third-order valence-electron chi connectivity index (χ3n) is 4.76. The van der Waals surface area contributed by atoms with Crippen LogP contribution in [0.3, 0.4) is 0 Å². The van der Waals surface area contributed by atoms with Gasteiger partial charge in [-0.15, -0.1) is 0 Å². The fourth-order valence-corrected chi connectivity index (χ4v) is 3.67. The van der Waals surface area contributed by atoms with Crippen LogP contribution in [0.1, 0.15) is 29.1 Å². The summed E-state index contributed by atoms with van der Waals surface area (Å²) in [5.41, 5.74) is 3.08. The molecule has 0 amide bonds. The predicted molar refractivity (Wildman–Crippen MR) is 87.5 cm³/mol. The van der Waals surface area contributed by atoms with Gasteiger partial charge in [0.15, 0.2) is 0 Å². The average molecular weight is 311 g/mol. The van der Waals surface area contributed by atoms with E-state index in [1.54, 1.807) is 0 Å². The maximum absolute atomic E-state index is 12.0. The normalized spacial score (nSPS) is 20.5. The number of rotatable bonds is 2. The van der Waals surface area contributed by atoms with E-state index in [1.807, 2.05) is 13.0 Å². The molecule has 0 unspecified atom stereocenters. The monoisotopic (exact) mass is 311 g/mol. The van der Waals surface area contributed by atoms with E-state index in [2.05, 4.69) is 33.1 Å². The molecule has 4 rings (SSSR count). The summed E-state index contributed by atoms with van der Waals surface area (Å²) in [7, 11) is 0. The molecule has 1 aromatic heterocycles. The molecule has 0 aliphatic carbocycles. The topological polar surface area (TPSA) is 58.2 Å². The van der Waals surface area contributed by atoms with Crippen molar-refractivity contribution in [1.29, 1.82) is 0 Å². The Morgan fingerprint density at radius 3 is 3.13 bits per heavy atom. The first-order chi connectivity index (χ1) is 11.2. The van der Waals surface area contributed by atoms with Gasteiger partial charge in [-0.1, -0.05) is 18.2 Å². The molecule has 2 aliphatic rings. The second-order valence-electron chi connectivity index (χ2n) is 6.56. The van der Waals surface area contributed by atoms with Crippen molar-refractivity contribution < 1.29 is 4.74 Å². The van der Waals surface area contributed by atoms with Gasteiger partial charge in [0, 0.05) is 19.6 Å². The fourth-order valence-electron chi connectivity index (χ4n) is 3.67. The van der Waals surface area contributed by atoms with Crippen LogP contribution < -0.4 is 10.3 Å². The van der Waals surface area contributed by atoms with Crippen LogP contribution in [0.5, 0.6) is 5.75 Å². The largest absolute Gasteiger partial charge is 0.493 e. The van der Waals surface area contributed by atoms with Gasteiger partial charge in [0.2, 0.25) is 0 Å². The van der Waals surface area contributed by atoms with Crippen molar-refractivity contribution in [2.24, 2.45) is 5.92 Å². The Balaban J connectivity index is 1.48. The third-order valence-corrected chi connectivity index (χ3v) is 4.76. The van der Waals surface area contributed by atoms with E-state index in [-0.39, 0.29) is 5.56 Å². The lowest BCUT2D eigenvalue weighted by atomic mass is 9.96. The van der Waals surface area contributed by atoms with Crippen LogP contribution in [0.25, 0.3) is 0 Å². The number of hydrogen-bond acceptors (Lipinski definition) is 4. The van der Waals surface area contributed by atoms with Crippen molar-refractivity contribution in [3.8, 4) is 5.75 Å². The van der Waals surface area contributed by atoms with Crippen molar-refractivity contribution in [2.75, 3.05) is 13.2 Å². The van der Waals surface area contributed by atoms with E-state index in [1.165, 1.54) is 5.56 Å². The van der Waals surface area contributed by atoms with E-state index >= 15 is 0 Å². The van der Waals surface area contributed by atoms with Gasteiger partial charge < -0.3 is 9.72 Å². The Bertz CT molecular complexity index is 784. The van der Waals surface area contributed by atoms with Crippen molar-refractivity contribution in [3.63, 3.8) is 0 Å².